The van der Waals surface area contributed by atoms with Crippen molar-refractivity contribution in [1.82, 2.24) is 21.3 Å². The number of nitrogens with one attached hydrogen (secondary N) is 4. The van der Waals surface area contributed by atoms with E-state index in [1.54, 1.807) is 0 Å². The van der Waals surface area contributed by atoms with Crippen LogP contribution < -0.4 is 21.3 Å². The molecular formula is C26H34ClFN4O8. The van der Waals surface area contributed by atoms with Gasteiger partial charge < -0.3 is 31.5 Å². The normalized spacial score (nSPS) is 12.3. The minimum Gasteiger partial charge on any atom is -0.481 e. The average molecular weight is 585 g/mol. The van der Waals surface area contributed by atoms with E-state index in [4.69, 9.17) is 16.7 Å². The van der Waals surface area contributed by atoms with Gasteiger partial charge in [-0.25, -0.2) is 9.18 Å². The summed E-state index contributed by atoms with van der Waals surface area (Å²) in [5.74, 6) is -4.75. The SMILES string of the molecule is C[C@H](NC(=O)/C=C/c1ccc(F)cc1Cl)C(=O)NCCCC(=O)N[C@@H](CCCCNC(=O)CCC(=O)O)C(=O)O. The standard InChI is InChI=1S/C26H34ClFN4O8/c1-16(31-23(35)10-8-17-7-9-18(28)15-19(17)27)25(38)30-14-4-6-22(34)32-20(26(39)40)5-2-3-13-29-21(33)11-12-24(36)37/h7-10,15-16,20H,2-6,11-14H2,1H3,(H,29,33)(H,30,38)(H,31,35)(H,32,34)(H,36,37)(H,39,40)/b10-8+/t16-,20-/m0/s1. The molecule has 0 heterocycles. The van der Waals surface area contributed by atoms with Crippen molar-refractivity contribution in [1.29, 1.82) is 0 Å². The van der Waals surface area contributed by atoms with Crippen molar-refractivity contribution in [2.75, 3.05) is 13.1 Å². The Hall–Kier alpha value is -4.00. The summed E-state index contributed by atoms with van der Waals surface area (Å²) in [5, 5.41) is 28.0. The van der Waals surface area contributed by atoms with Crippen LogP contribution in [0.15, 0.2) is 24.3 Å². The lowest BCUT2D eigenvalue weighted by Crippen LogP contribution is -2.45. The number of carbonyl (C=O) groups is 6. The second-order valence-corrected chi connectivity index (χ2v) is 9.23. The Morgan fingerprint density at radius 1 is 0.925 bits per heavy atom. The lowest BCUT2D eigenvalue weighted by Gasteiger charge is -2.15. The largest absolute Gasteiger partial charge is 0.481 e. The molecule has 0 saturated carbocycles. The molecule has 14 heteroatoms. The lowest BCUT2D eigenvalue weighted by atomic mass is 10.1. The van der Waals surface area contributed by atoms with Gasteiger partial charge in [-0.15, -0.1) is 0 Å². The maximum absolute atomic E-state index is 13.1. The Kier molecular flexibility index (Phi) is 15.6. The molecule has 6 N–H and O–H groups in total. The number of carboxylic acids is 2. The average Bonchev–Trinajstić information content (AvgIpc) is 2.88. The molecule has 1 rings (SSSR count). The van der Waals surface area contributed by atoms with Gasteiger partial charge in [0.2, 0.25) is 23.6 Å². The first-order valence-corrected chi connectivity index (χ1v) is 13.0. The molecule has 0 aliphatic carbocycles. The predicted molar refractivity (Wildman–Crippen MR) is 144 cm³/mol. The van der Waals surface area contributed by atoms with Gasteiger partial charge in [0.1, 0.15) is 17.9 Å². The fourth-order valence-corrected chi connectivity index (χ4v) is 3.51. The first-order valence-electron chi connectivity index (χ1n) is 12.6. The van der Waals surface area contributed by atoms with Gasteiger partial charge >= 0.3 is 11.9 Å². The molecule has 12 nitrogen and oxygen atoms in total. The molecule has 0 bridgehead atoms. The zero-order chi connectivity index (χ0) is 30.1. The van der Waals surface area contributed by atoms with Gasteiger partial charge in [0.05, 0.1) is 11.4 Å². The van der Waals surface area contributed by atoms with Crippen molar-refractivity contribution in [3.05, 3.63) is 40.7 Å². The number of hydrogen-bond acceptors (Lipinski definition) is 6. The van der Waals surface area contributed by atoms with E-state index in [9.17, 15) is 38.3 Å². The van der Waals surface area contributed by atoms with Gasteiger partial charge in [0.15, 0.2) is 0 Å². The van der Waals surface area contributed by atoms with Crippen LogP contribution in [0.5, 0.6) is 0 Å². The van der Waals surface area contributed by atoms with Crippen LogP contribution in [0.1, 0.15) is 57.4 Å². The molecule has 220 valence electrons. The Labute approximate surface area is 235 Å². The number of rotatable bonds is 18. The summed E-state index contributed by atoms with van der Waals surface area (Å²) in [6.07, 6.45) is 3.33. The van der Waals surface area contributed by atoms with Crippen molar-refractivity contribution < 1.29 is 43.4 Å². The fraction of sp³-hybridized carbons (Fsp3) is 0.462. The molecule has 0 radical (unpaired) electrons. The van der Waals surface area contributed by atoms with Crippen LogP contribution >= 0.6 is 11.6 Å². The maximum Gasteiger partial charge on any atom is 0.326 e. The minimum atomic E-state index is -1.20. The van der Waals surface area contributed by atoms with Crippen molar-refractivity contribution in [2.24, 2.45) is 0 Å². The zero-order valence-corrected chi connectivity index (χ0v) is 22.8. The topological polar surface area (TPSA) is 191 Å². The Morgan fingerprint density at radius 2 is 1.62 bits per heavy atom. The van der Waals surface area contributed by atoms with Crippen molar-refractivity contribution in [3.8, 4) is 0 Å². The number of carbonyl (C=O) groups excluding carboxylic acids is 4. The van der Waals surface area contributed by atoms with Gasteiger partial charge in [-0.05, 0) is 56.4 Å². The number of aliphatic carboxylic acids is 2. The fourth-order valence-electron chi connectivity index (χ4n) is 3.28. The third-order valence-electron chi connectivity index (χ3n) is 5.45. The van der Waals surface area contributed by atoms with Crippen molar-refractivity contribution in [2.45, 2.75) is 64.0 Å². The summed E-state index contributed by atoms with van der Waals surface area (Å²) in [4.78, 5) is 69.7. The molecule has 40 heavy (non-hydrogen) atoms. The highest BCUT2D eigenvalue weighted by Gasteiger charge is 2.19. The quantitative estimate of drug-likeness (QED) is 0.111. The number of unbranched alkanes of at least 4 members (excludes halogenated alkanes) is 1. The van der Waals surface area contributed by atoms with E-state index >= 15 is 0 Å². The van der Waals surface area contributed by atoms with E-state index in [1.807, 2.05) is 0 Å². The Balaban J connectivity index is 2.28. The summed E-state index contributed by atoms with van der Waals surface area (Å²) in [7, 11) is 0. The van der Waals surface area contributed by atoms with Crippen LogP contribution in [0, 0.1) is 5.82 Å². The second-order valence-electron chi connectivity index (χ2n) is 8.82. The molecule has 0 fully saturated rings. The van der Waals surface area contributed by atoms with Crippen LogP contribution in [0.2, 0.25) is 5.02 Å². The summed E-state index contributed by atoms with van der Waals surface area (Å²) >= 11 is 5.89. The Morgan fingerprint density at radius 3 is 2.27 bits per heavy atom. The van der Waals surface area contributed by atoms with Crippen LogP contribution in [-0.4, -0.2) is 71.0 Å². The Bertz CT molecular complexity index is 1100. The molecule has 1 aromatic carbocycles. The second kappa shape index (κ2) is 18.3. The van der Waals surface area contributed by atoms with E-state index in [0.717, 1.165) is 12.1 Å². The first-order chi connectivity index (χ1) is 18.9. The molecule has 4 amide bonds. The zero-order valence-electron chi connectivity index (χ0n) is 22.0. The van der Waals surface area contributed by atoms with Crippen LogP contribution in [0.4, 0.5) is 4.39 Å². The molecule has 2 atom stereocenters. The number of carboxylic acid groups (broad SMARTS) is 2. The van der Waals surface area contributed by atoms with E-state index < -0.39 is 53.5 Å². The number of amides is 4. The highest BCUT2D eigenvalue weighted by molar-refractivity contribution is 6.32. The summed E-state index contributed by atoms with van der Waals surface area (Å²) in [6, 6.07) is 1.71. The third kappa shape index (κ3) is 14.8. The van der Waals surface area contributed by atoms with E-state index in [0.29, 0.717) is 18.4 Å². The van der Waals surface area contributed by atoms with Gasteiger partial charge in [-0.1, -0.05) is 17.7 Å². The summed E-state index contributed by atoms with van der Waals surface area (Å²) < 4.78 is 13.1. The summed E-state index contributed by atoms with van der Waals surface area (Å²) in [5.41, 5.74) is 0.428. The molecule has 0 aromatic heterocycles. The van der Waals surface area contributed by atoms with Crippen molar-refractivity contribution >= 4 is 53.2 Å². The highest BCUT2D eigenvalue weighted by Crippen LogP contribution is 2.18. The molecule has 0 spiro atoms. The highest BCUT2D eigenvalue weighted by atomic mass is 35.5. The van der Waals surface area contributed by atoms with E-state index in [1.165, 1.54) is 25.1 Å². The van der Waals surface area contributed by atoms with Crippen LogP contribution in [0.3, 0.4) is 0 Å². The minimum absolute atomic E-state index is 0.0361. The summed E-state index contributed by atoms with van der Waals surface area (Å²) in [6.45, 7) is 1.85. The van der Waals surface area contributed by atoms with Crippen molar-refractivity contribution in [3.63, 3.8) is 0 Å². The number of halogens is 2. The lowest BCUT2D eigenvalue weighted by molar-refractivity contribution is -0.142. The third-order valence-corrected chi connectivity index (χ3v) is 5.78. The van der Waals surface area contributed by atoms with E-state index in [-0.39, 0.29) is 50.2 Å². The van der Waals surface area contributed by atoms with Gasteiger partial charge in [0.25, 0.3) is 0 Å². The van der Waals surface area contributed by atoms with Gasteiger partial charge in [0, 0.05) is 32.0 Å². The molecule has 1 aromatic rings. The number of hydrogen-bond donors (Lipinski definition) is 6. The molecule has 0 unspecified atom stereocenters. The molecule has 0 aliphatic rings. The monoisotopic (exact) mass is 584 g/mol. The van der Waals surface area contributed by atoms with Crippen LogP contribution in [-0.2, 0) is 28.8 Å². The molecule has 0 saturated heterocycles. The predicted octanol–water partition coefficient (Wildman–Crippen LogP) is 1.61. The first kappa shape index (κ1) is 34.0. The van der Waals surface area contributed by atoms with Gasteiger partial charge in [-0.2, -0.15) is 0 Å². The number of benzene rings is 1. The van der Waals surface area contributed by atoms with Crippen LogP contribution in [0.25, 0.3) is 6.08 Å². The van der Waals surface area contributed by atoms with E-state index in [2.05, 4.69) is 21.3 Å². The molecular weight excluding hydrogens is 551 g/mol. The maximum atomic E-state index is 13.1. The van der Waals surface area contributed by atoms with Gasteiger partial charge in [-0.3, -0.25) is 24.0 Å². The molecule has 0 aliphatic heterocycles. The smallest absolute Gasteiger partial charge is 0.326 e.